The molecule has 2 rings (SSSR count). The fraction of sp³-hybridized carbons (Fsp3) is 0.250. The topological polar surface area (TPSA) is 65.2 Å². The number of nitrogens with two attached hydrogens (primary N) is 1. The molecule has 1 aromatic carbocycles. The summed E-state index contributed by atoms with van der Waals surface area (Å²) in [4.78, 5) is 15.7. The number of carbonyl (C=O) groups excluding carboxylic acids is 1. The van der Waals surface area contributed by atoms with E-state index in [0.29, 0.717) is 12.8 Å². The molecule has 0 aliphatic heterocycles. The van der Waals surface area contributed by atoms with Crippen LogP contribution in [0.25, 0.3) is 0 Å². The van der Waals surface area contributed by atoms with E-state index < -0.39 is 0 Å². The lowest BCUT2D eigenvalue weighted by atomic mass is 10.1. The highest BCUT2D eigenvalue weighted by atomic mass is 16.5. The van der Waals surface area contributed by atoms with Crippen LogP contribution >= 0.6 is 0 Å². The lowest BCUT2D eigenvalue weighted by Gasteiger charge is -2.05. The Morgan fingerprint density at radius 1 is 1.20 bits per heavy atom. The van der Waals surface area contributed by atoms with Gasteiger partial charge < -0.3 is 10.5 Å². The molecule has 0 radical (unpaired) electrons. The largest absolute Gasteiger partial charge is 0.461 e. The number of hydrogen-bond donors (Lipinski definition) is 1. The number of pyridine rings is 1. The summed E-state index contributed by atoms with van der Waals surface area (Å²) < 4.78 is 5.22. The maximum Gasteiger partial charge on any atom is 0.306 e. The number of rotatable bonds is 5. The first kappa shape index (κ1) is 14.1. The van der Waals surface area contributed by atoms with Crippen LogP contribution in [0.5, 0.6) is 0 Å². The highest BCUT2D eigenvalue weighted by Gasteiger charge is 2.04. The minimum Gasteiger partial charge on any atom is -0.461 e. The van der Waals surface area contributed by atoms with E-state index in [2.05, 4.69) is 4.98 Å². The third kappa shape index (κ3) is 4.39. The molecule has 0 atom stereocenters. The molecule has 0 amide bonds. The van der Waals surface area contributed by atoms with Crippen molar-refractivity contribution in [2.75, 3.05) is 5.73 Å². The van der Waals surface area contributed by atoms with E-state index in [0.717, 1.165) is 22.4 Å². The smallest absolute Gasteiger partial charge is 0.306 e. The monoisotopic (exact) mass is 270 g/mol. The van der Waals surface area contributed by atoms with Crippen LogP contribution in [-0.4, -0.2) is 11.0 Å². The molecule has 4 heteroatoms. The maximum atomic E-state index is 11.7. The van der Waals surface area contributed by atoms with Gasteiger partial charge in [0.2, 0.25) is 0 Å². The predicted octanol–water partition coefficient (Wildman–Crippen LogP) is 2.65. The van der Waals surface area contributed by atoms with Gasteiger partial charge in [-0.1, -0.05) is 12.1 Å². The number of esters is 1. The number of aromatic nitrogens is 1. The molecule has 0 bridgehead atoms. The second-order valence-corrected chi connectivity index (χ2v) is 4.77. The van der Waals surface area contributed by atoms with Gasteiger partial charge in [-0.05, 0) is 42.7 Å². The van der Waals surface area contributed by atoms with Crippen molar-refractivity contribution in [1.29, 1.82) is 0 Å². The number of ether oxygens (including phenoxy) is 1. The predicted molar refractivity (Wildman–Crippen MR) is 77.9 cm³/mol. The van der Waals surface area contributed by atoms with Crippen molar-refractivity contribution in [2.24, 2.45) is 0 Å². The Balaban J connectivity index is 1.77. The van der Waals surface area contributed by atoms with Crippen LogP contribution in [0, 0.1) is 6.92 Å². The van der Waals surface area contributed by atoms with Crippen LogP contribution in [0.2, 0.25) is 0 Å². The van der Waals surface area contributed by atoms with Gasteiger partial charge in [-0.25, -0.2) is 0 Å². The molecule has 0 spiro atoms. The van der Waals surface area contributed by atoms with Gasteiger partial charge in [0, 0.05) is 30.1 Å². The van der Waals surface area contributed by atoms with E-state index in [9.17, 15) is 4.79 Å². The van der Waals surface area contributed by atoms with Gasteiger partial charge in [-0.3, -0.25) is 9.78 Å². The number of nitrogen functional groups attached to an aromatic ring is 1. The van der Waals surface area contributed by atoms with Crippen LogP contribution in [0.4, 0.5) is 5.69 Å². The number of nitrogens with zero attached hydrogens (tertiary/aromatic N) is 1. The molecular formula is C16H18N2O2. The molecule has 0 aliphatic rings. The number of hydrogen-bond acceptors (Lipinski definition) is 4. The quantitative estimate of drug-likeness (QED) is 0.670. The summed E-state index contributed by atoms with van der Waals surface area (Å²) in [6, 6.07) is 9.47. The first-order chi connectivity index (χ1) is 9.63. The molecule has 1 heterocycles. The third-order valence-electron chi connectivity index (χ3n) is 2.93. The summed E-state index contributed by atoms with van der Waals surface area (Å²) >= 11 is 0. The van der Waals surface area contributed by atoms with Crippen LogP contribution in [-0.2, 0) is 22.6 Å². The Labute approximate surface area is 118 Å². The maximum absolute atomic E-state index is 11.7. The molecule has 0 saturated heterocycles. The molecule has 0 fully saturated rings. The van der Waals surface area contributed by atoms with Crippen molar-refractivity contribution in [1.82, 2.24) is 4.98 Å². The van der Waals surface area contributed by atoms with Crippen LogP contribution in [0.3, 0.4) is 0 Å². The number of aryl methyl sites for hydroxylation is 2. The van der Waals surface area contributed by atoms with E-state index in [1.165, 1.54) is 0 Å². The second kappa shape index (κ2) is 6.70. The first-order valence-corrected chi connectivity index (χ1v) is 6.54. The summed E-state index contributed by atoms with van der Waals surface area (Å²) in [5.74, 6) is -0.205. The van der Waals surface area contributed by atoms with Gasteiger partial charge in [-0.2, -0.15) is 0 Å². The molecule has 2 N–H and O–H groups in total. The number of benzene rings is 1. The Morgan fingerprint density at radius 2 is 1.95 bits per heavy atom. The van der Waals surface area contributed by atoms with E-state index in [1.807, 2.05) is 37.3 Å². The number of carbonyl (C=O) groups is 1. The van der Waals surface area contributed by atoms with Crippen molar-refractivity contribution in [3.63, 3.8) is 0 Å². The zero-order valence-corrected chi connectivity index (χ0v) is 11.5. The number of anilines is 1. The molecule has 0 unspecified atom stereocenters. The lowest BCUT2D eigenvalue weighted by molar-refractivity contribution is -0.144. The summed E-state index contributed by atoms with van der Waals surface area (Å²) in [6.07, 6.45) is 4.50. The van der Waals surface area contributed by atoms with Crippen LogP contribution in [0.1, 0.15) is 23.1 Å². The summed E-state index contributed by atoms with van der Waals surface area (Å²) in [5, 5.41) is 0. The Hall–Kier alpha value is -2.36. The molecule has 20 heavy (non-hydrogen) atoms. The van der Waals surface area contributed by atoms with E-state index >= 15 is 0 Å². The minimum atomic E-state index is -0.205. The highest BCUT2D eigenvalue weighted by Crippen LogP contribution is 2.09. The summed E-state index contributed by atoms with van der Waals surface area (Å²) in [5.41, 5.74) is 9.38. The standard InChI is InChI=1S/C16H18N2O2/c1-12-8-14(10-18-9-12)11-20-16(19)7-4-13-2-5-15(17)6-3-13/h2-3,5-6,8-10H,4,7,11,17H2,1H3. The van der Waals surface area contributed by atoms with Gasteiger partial charge in [-0.15, -0.1) is 0 Å². The molecule has 2 aromatic rings. The SMILES string of the molecule is Cc1cncc(COC(=O)CCc2ccc(N)cc2)c1. The third-order valence-corrected chi connectivity index (χ3v) is 2.93. The van der Waals surface area contributed by atoms with E-state index in [4.69, 9.17) is 10.5 Å². The average molecular weight is 270 g/mol. The van der Waals surface area contributed by atoms with E-state index in [1.54, 1.807) is 12.4 Å². The fourth-order valence-corrected chi connectivity index (χ4v) is 1.86. The van der Waals surface area contributed by atoms with Gasteiger partial charge in [0.05, 0.1) is 0 Å². The molecular weight excluding hydrogens is 252 g/mol. The molecule has 0 saturated carbocycles. The summed E-state index contributed by atoms with van der Waals surface area (Å²) in [6.45, 7) is 2.23. The van der Waals surface area contributed by atoms with E-state index in [-0.39, 0.29) is 12.6 Å². The van der Waals surface area contributed by atoms with Crippen LogP contribution in [0.15, 0.2) is 42.7 Å². The minimum absolute atomic E-state index is 0.205. The lowest BCUT2D eigenvalue weighted by Crippen LogP contribution is -2.06. The van der Waals surface area contributed by atoms with Crippen molar-refractivity contribution < 1.29 is 9.53 Å². The second-order valence-electron chi connectivity index (χ2n) is 4.77. The average Bonchev–Trinajstić information content (AvgIpc) is 2.45. The van der Waals surface area contributed by atoms with Crippen molar-refractivity contribution in [3.8, 4) is 0 Å². The Morgan fingerprint density at radius 3 is 2.65 bits per heavy atom. The first-order valence-electron chi connectivity index (χ1n) is 6.54. The van der Waals surface area contributed by atoms with Crippen molar-refractivity contribution in [2.45, 2.75) is 26.4 Å². The fourth-order valence-electron chi connectivity index (χ4n) is 1.86. The van der Waals surface area contributed by atoms with Gasteiger partial charge >= 0.3 is 5.97 Å². The summed E-state index contributed by atoms with van der Waals surface area (Å²) in [7, 11) is 0. The highest BCUT2D eigenvalue weighted by molar-refractivity contribution is 5.69. The van der Waals surface area contributed by atoms with Crippen LogP contribution < -0.4 is 5.73 Å². The Bertz CT molecular complexity index is 579. The zero-order chi connectivity index (χ0) is 14.4. The van der Waals surface area contributed by atoms with Crippen molar-refractivity contribution >= 4 is 11.7 Å². The van der Waals surface area contributed by atoms with Gasteiger partial charge in [0.1, 0.15) is 6.61 Å². The molecule has 0 aliphatic carbocycles. The van der Waals surface area contributed by atoms with Gasteiger partial charge in [0.25, 0.3) is 0 Å². The normalized spacial score (nSPS) is 10.2. The zero-order valence-electron chi connectivity index (χ0n) is 11.5. The molecule has 1 aromatic heterocycles. The molecule has 4 nitrogen and oxygen atoms in total. The van der Waals surface area contributed by atoms with Crippen molar-refractivity contribution in [3.05, 3.63) is 59.4 Å². The van der Waals surface area contributed by atoms with Gasteiger partial charge in [0.15, 0.2) is 0 Å². The Kier molecular flexibility index (Phi) is 4.71. The molecule has 104 valence electrons.